The molecule has 0 aliphatic heterocycles. The van der Waals surface area contributed by atoms with E-state index in [-0.39, 0.29) is 5.91 Å². The summed E-state index contributed by atoms with van der Waals surface area (Å²) in [5.74, 6) is 0.624. The summed E-state index contributed by atoms with van der Waals surface area (Å²) < 4.78 is 10.2. The molecule has 0 saturated carbocycles. The molecule has 28 heavy (non-hydrogen) atoms. The third-order valence-electron chi connectivity index (χ3n) is 3.81. The average Bonchev–Trinajstić information content (AvgIpc) is 3.20. The molecule has 0 radical (unpaired) electrons. The molecule has 2 aromatic heterocycles. The molecule has 0 atom stereocenters. The van der Waals surface area contributed by atoms with E-state index in [1.54, 1.807) is 25.4 Å². The van der Waals surface area contributed by atoms with Crippen molar-refractivity contribution < 1.29 is 14.3 Å². The van der Waals surface area contributed by atoms with Gasteiger partial charge in [0.05, 0.1) is 25.5 Å². The number of benzene rings is 1. The van der Waals surface area contributed by atoms with Crippen molar-refractivity contribution in [3.63, 3.8) is 0 Å². The molecule has 1 amide bonds. The minimum atomic E-state index is -0.127. The van der Waals surface area contributed by atoms with Gasteiger partial charge >= 0.3 is 0 Å². The van der Waals surface area contributed by atoms with Crippen LogP contribution in [0, 0.1) is 0 Å². The van der Waals surface area contributed by atoms with Crippen LogP contribution in [0.2, 0.25) is 0 Å². The van der Waals surface area contributed by atoms with E-state index < -0.39 is 0 Å². The van der Waals surface area contributed by atoms with E-state index in [1.165, 1.54) is 11.3 Å². The molecule has 0 spiro atoms. The maximum absolute atomic E-state index is 12.2. The normalized spacial score (nSPS) is 10.6. The van der Waals surface area contributed by atoms with Gasteiger partial charge in [0, 0.05) is 36.4 Å². The molecule has 0 bridgehead atoms. The summed E-state index contributed by atoms with van der Waals surface area (Å²) in [6, 6.07) is 13.0. The number of rotatable bonds is 10. The lowest BCUT2D eigenvalue weighted by atomic mass is 10.1. The summed E-state index contributed by atoms with van der Waals surface area (Å²) in [6.45, 7) is 1.98. The zero-order valence-corrected chi connectivity index (χ0v) is 16.4. The van der Waals surface area contributed by atoms with Gasteiger partial charge in [-0.15, -0.1) is 11.3 Å². The highest BCUT2D eigenvalue weighted by Gasteiger charge is 2.08. The Bertz CT molecular complexity index is 869. The Morgan fingerprint density at radius 3 is 2.71 bits per heavy atom. The van der Waals surface area contributed by atoms with Gasteiger partial charge in [-0.1, -0.05) is 18.2 Å². The van der Waals surface area contributed by atoms with Crippen molar-refractivity contribution in [2.45, 2.75) is 0 Å². The van der Waals surface area contributed by atoms with Crippen molar-refractivity contribution in [2.75, 3.05) is 38.8 Å². The van der Waals surface area contributed by atoms with Crippen LogP contribution in [0.25, 0.3) is 11.3 Å². The van der Waals surface area contributed by atoms with Crippen molar-refractivity contribution in [1.82, 2.24) is 15.3 Å². The zero-order valence-electron chi connectivity index (χ0n) is 15.6. The number of thiazole rings is 1. The second-order valence-corrected chi connectivity index (χ2v) is 6.67. The summed E-state index contributed by atoms with van der Waals surface area (Å²) in [6.07, 6.45) is 1.73. The predicted octanol–water partition coefficient (Wildman–Crippen LogP) is 3.34. The largest absolute Gasteiger partial charge is 0.382 e. The third kappa shape index (κ3) is 5.85. The second-order valence-electron chi connectivity index (χ2n) is 5.82. The minimum Gasteiger partial charge on any atom is -0.382 e. The number of carbonyl (C=O) groups excluding carboxylic acids is 1. The Balaban J connectivity index is 1.52. The molecule has 1 aromatic carbocycles. The van der Waals surface area contributed by atoms with Crippen LogP contribution in [0.5, 0.6) is 0 Å². The van der Waals surface area contributed by atoms with E-state index in [9.17, 15) is 4.79 Å². The number of aromatic nitrogens is 2. The summed E-state index contributed by atoms with van der Waals surface area (Å²) in [5.41, 5.74) is 2.40. The van der Waals surface area contributed by atoms with Crippen molar-refractivity contribution in [3.05, 3.63) is 59.6 Å². The van der Waals surface area contributed by atoms with E-state index >= 15 is 0 Å². The van der Waals surface area contributed by atoms with Crippen LogP contribution in [0.4, 0.5) is 10.9 Å². The van der Waals surface area contributed by atoms with Crippen molar-refractivity contribution in [3.8, 4) is 11.3 Å². The monoisotopic (exact) mass is 398 g/mol. The van der Waals surface area contributed by atoms with Gasteiger partial charge in [-0.25, -0.2) is 9.97 Å². The molecule has 0 aliphatic carbocycles. The number of amides is 1. The molecule has 3 rings (SSSR count). The zero-order chi connectivity index (χ0) is 19.6. The number of nitrogens with one attached hydrogen (secondary N) is 2. The number of pyridine rings is 1. The molecule has 0 saturated heterocycles. The Labute approximate surface area is 167 Å². The van der Waals surface area contributed by atoms with E-state index in [2.05, 4.69) is 20.6 Å². The molecule has 0 fully saturated rings. The van der Waals surface area contributed by atoms with E-state index in [4.69, 9.17) is 9.47 Å². The average molecular weight is 398 g/mol. The van der Waals surface area contributed by atoms with E-state index in [0.717, 1.165) is 22.2 Å². The highest BCUT2D eigenvalue weighted by atomic mass is 32.1. The van der Waals surface area contributed by atoms with Gasteiger partial charge in [0.25, 0.3) is 5.91 Å². The topological polar surface area (TPSA) is 85.4 Å². The van der Waals surface area contributed by atoms with E-state index in [0.29, 0.717) is 31.9 Å². The number of anilines is 2. The molecule has 3 aromatic rings. The van der Waals surface area contributed by atoms with Gasteiger partial charge in [0.1, 0.15) is 5.82 Å². The van der Waals surface area contributed by atoms with Crippen LogP contribution >= 0.6 is 11.3 Å². The maximum Gasteiger partial charge on any atom is 0.251 e. The molecule has 0 unspecified atom stereocenters. The lowest BCUT2D eigenvalue weighted by molar-refractivity contribution is 0.0692. The first kappa shape index (κ1) is 19.9. The second kappa shape index (κ2) is 10.5. The van der Waals surface area contributed by atoms with Crippen LogP contribution < -0.4 is 10.6 Å². The van der Waals surface area contributed by atoms with Gasteiger partial charge < -0.3 is 20.1 Å². The van der Waals surface area contributed by atoms with Gasteiger partial charge in [-0.3, -0.25) is 4.79 Å². The highest BCUT2D eigenvalue weighted by Crippen LogP contribution is 2.26. The van der Waals surface area contributed by atoms with Crippen molar-refractivity contribution >= 4 is 28.2 Å². The van der Waals surface area contributed by atoms with Crippen LogP contribution in [-0.2, 0) is 9.47 Å². The number of methoxy groups -OCH3 is 1. The van der Waals surface area contributed by atoms with Gasteiger partial charge in [0.2, 0.25) is 0 Å². The number of nitrogens with zero attached hydrogens (tertiary/aromatic N) is 2. The van der Waals surface area contributed by atoms with E-state index in [1.807, 2.05) is 35.7 Å². The number of ether oxygens (including phenoxy) is 2. The third-order valence-corrected chi connectivity index (χ3v) is 4.57. The predicted molar refractivity (Wildman–Crippen MR) is 110 cm³/mol. The molecule has 0 aliphatic rings. The smallest absolute Gasteiger partial charge is 0.251 e. The first-order valence-electron chi connectivity index (χ1n) is 8.85. The van der Waals surface area contributed by atoms with Crippen LogP contribution in [0.15, 0.2) is 54.0 Å². The summed E-state index contributed by atoms with van der Waals surface area (Å²) in [4.78, 5) is 21.0. The molecular formula is C20H22N4O3S. The maximum atomic E-state index is 12.2. The minimum absolute atomic E-state index is 0.127. The summed E-state index contributed by atoms with van der Waals surface area (Å²) in [7, 11) is 1.62. The number of carbonyl (C=O) groups is 1. The van der Waals surface area contributed by atoms with Crippen LogP contribution in [-0.4, -0.2) is 49.4 Å². The Morgan fingerprint density at radius 1 is 1.11 bits per heavy atom. The lowest BCUT2D eigenvalue weighted by Crippen LogP contribution is -2.27. The van der Waals surface area contributed by atoms with Crippen molar-refractivity contribution in [2.24, 2.45) is 0 Å². The Kier molecular flexibility index (Phi) is 7.48. The SMILES string of the molecule is COCCOCCNC(=O)c1ccc(-c2csc(Nc3ccccn3)n2)cc1. The first-order chi connectivity index (χ1) is 13.8. The Hall–Kier alpha value is -2.81. The summed E-state index contributed by atoms with van der Waals surface area (Å²) >= 11 is 1.50. The first-order valence-corrected chi connectivity index (χ1v) is 9.73. The molecule has 8 heteroatoms. The highest BCUT2D eigenvalue weighted by molar-refractivity contribution is 7.14. The Morgan fingerprint density at radius 2 is 1.96 bits per heavy atom. The van der Waals surface area contributed by atoms with Gasteiger partial charge in [-0.2, -0.15) is 0 Å². The van der Waals surface area contributed by atoms with Gasteiger partial charge in [-0.05, 0) is 24.3 Å². The van der Waals surface area contributed by atoms with Crippen LogP contribution in [0.3, 0.4) is 0 Å². The summed E-state index contributed by atoms with van der Waals surface area (Å²) in [5, 5.41) is 8.75. The number of hydrogen-bond donors (Lipinski definition) is 2. The fourth-order valence-corrected chi connectivity index (χ4v) is 3.11. The fourth-order valence-electron chi connectivity index (χ4n) is 2.39. The number of hydrogen-bond acceptors (Lipinski definition) is 7. The molecule has 2 heterocycles. The molecule has 146 valence electrons. The molecule has 2 N–H and O–H groups in total. The van der Waals surface area contributed by atoms with Crippen molar-refractivity contribution in [1.29, 1.82) is 0 Å². The quantitative estimate of drug-likeness (QED) is 0.510. The van der Waals surface area contributed by atoms with Crippen LogP contribution in [0.1, 0.15) is 10.4 Å². The molecule has 7 nitrogen and oxygen atoms in total. The fraction of sp³-hybridized carbons (Fsp3) is 0.250. The lowest BCUT2D eigenvalue weighted by Gasteiger charge is -2.07. The van der Waals surface area contributed by atoms with Gasteiger partial charge in [0.15, 0.2) is 5.13 Å². The standard InChI is InChI=1S/C20H22N4O3S/c1-26-12-13-27-11-10-22-19(25)16-7-5-15(6-8-16)17-14-28-20(23-17)24-18-4-2-3-9-21-18/h2-9,14H,10-13H2,1H3,(H,22,25)(H,21,23,24). The molecular weight excluding hydrogens is 376 g/mol.